The molecule has 6 heteroatoms. The zero-order chi connectivity index (χ0) is 15.1. The van der Waals surface area contributed by atoms with Crippen LogP contribution in [0.5, 0.6) is 5.75 Å². The van der Waals surface area contributed by atoms with Gasteiger partial charge < -0.3 is 20.3 Å². The second-order valence-electron chi connectivity index (χ2n) is 4.74. The summed E-state index contributed by atoms with van der Waals surface area (Å²) in [6.07, 6.45) is 0. The number of rotatable bonds is 5. The third-order valence-electron chi connectivity index (χ3n) is 2.52. The molecular formula is C14H21N3O2S. The minimum atomic E-state index is -0.0543. The maximum atomic E-state index is 11.6. The summed E-state index contributed by atoms with van der Waals surface area (Å²) in [7, 11) is 3.40. The number of amides is 1. The predicted molar refractivity (Wildman–Crippen MR) is 85.1 cm³/mol. The first-order valence-electron chi connectivity index (χ1n) is 6.38. The first kappa shape index (κ1) is 16.2. The quantitative estimate of drug-likeness (QED) is 0.812. The molecular weight excluding hydrogens is 274 g/mol. The molecule has 0 aliphatic heterocycles. The summed E-state index contributed by atoms with van der Waals surface area (Å²) < 4.78 is 5.09. The van der Waals surface area contributed by atoms with Crippen molar-refractivity contribution >= 4 is 28.9 Å². The third kappa shape index (κ3) is 5.44. The molecule has 1 aromatic carbocycles. The summed E-state index contributed by atoms with van der Waals surface area (Å²) in [4.78, 5) is 13.3. The molecule has 20 heavy (non-hydrogen) atoms. The number of thiocarbonyl (C=S) groups is 1. The highest BCUT2D eigenvalue weighted by Gasteiger charge is 2.10. The van der Waals surface area contributed by atoms with Crippen molar-refractivity contribution in [1.29, 1.82) is 0 Å². The number of hydrogen-bond donors (Lipinski definition) is 2. The van der Waals surface area contributed by atoms with Gasteiger partial charge in [-0.15, -0.1) is 0 Å². The van der Waals surface area contributed by atoms with E-state index in [1.807, 2.05) is 38.1 Å². The van der Waals surface area contributed by atoms with Crippen LogP contribution in [0.2, 0.25) is 0 Å². The number of anilines is 1. The monoisotopic (exact) mass is 295 g/mol. The Morgan fingerprint density at radius 2 is 1.95 bits per heavy atom. The SMILES string of the molecule is COc1ccc(NC(=S)N(C)CC(=O)NC(C)C)cc1. The molecule has 2 N–H and O–H groups in total. The van der Waals surface area contributed by atoms with Crippen LogP contribution in [-0.2, 0) is 4.79 Å². The van der Waals surface area contributed by atoms with Gasteiger partial charge in [0.05, 0.1) is 13.7 Å². The normalized spacial score (nSPS) is 10.1. The summed E-state index contributed by atoms with van der Waals surface area (Å²) in [5, 5.41) is 6.39. The lowest BCUT2D eigenvalue weighted by Gasteiger charge is -2.21. The van der Waals surface area contributed by atoms with E-state index in [1.54, 1.807) is 19.1 Å². The minimum absolute atomic E-state index is 0.0543. The molecule has 0 spiro atoms. The van der Waals surface area contributed by atoms with Crippen molar-refractivity contribution in [3.8, 4) is 5.75 Å². The number of likely N-dealkylation sites (N-methyl/N-ethyl adjacent to an activating group) is 1. The molecule has 0 atom stereocenters. The molecule has 1 aromatic rings. The van der Waals surface area contributed by atoms with E-state index < -0.39 is 0 Å². The molecule has 1 amide bonds. The highest BCUT2D eigenvalue weighted by molar-refractivity contribution is 7.80. The Kier molecular flexibility index (Phi) is 6.24. The van der Waals surface area contributed by atoms with E-state index in [-0.39, 0.29) is 18.5 Å². The second-order valence-corrected chi connectivity index (χ2v) is 5.12. The number of methoxy groups -OCH3 is 1. The van der Waals surface area contributed by atoms with Crippen LogP contribution in [0.25, 0.3) is 0 Å². The van der Waals surface area contributed by atoms with Gasteiger partial charge in [0.1, 0.15) is 5.75 Å². The molecule has 5 nitrogen and oxygen atoms in total. The Bertz CT molecular complexity index is 460. The van der Waals surface area contributed by atoms with E-state index >= 15 is 0 Å². The molecule has 110 valence electrons. The summed E-state index contributed by atoms with van der Waals surface area (Å²) >= 11 is 5.26. The van der Waals surface area contributed by atoms with Gasteiger partial charge in [-0.05, 0) is 50.3 Å². The Hall–Kier alpha value is -1.82. The van der Waals surface area contributed by atoms with Gasteiger partial charge in [0.2, 0.25) is 5.91 Å². The van der Waals surface area contributed by atoms with Crippen LogP contribution < -0.4 is 15.4 Å². The van der Waals surface area contributed by atoms with Crippen molar-refractivity contribution in [2.24, 2.45) is 0 Å². The smallest absolute Gasteiger partial charge is 0.239 e. The van der Waals surface area contributed by atoms with Crippen LogP contribution in [0.1, 0.15) is 13.8 Å². The molecule has 0 unspecified atom stereocenters. The Morgan fingerprint density at radius 3 is 2.45 bits per heavy atom. The van der Waals surface area contributed by atoms with Gasteiger partial charge in [0.25, 0.3) is 0 Å². The average Bonchev–Trinajstić information content (AvgIpc) is 2.38. The molecule has 0 radical (unpaired) electrons. The van der Waals surface area contributed by atoms with Gasteiger partial charge in [-0.3, -0.25) is 4.79 Å². The lowest BCUT2D eigenvalue weighted by molar-refractivity contribution is -0.121. The van der Waals surface area contributed by atoms with Crippen molar-refractivity contribution in [2.45, 2.75) is 19.9 Å². The Balaban J connectivity index is 2.50. The van der Waals surface area contributed by atoms with E-state index in [0.29, 0.717) is 5.11 Å². The van der Waals surface area contributed by atoms with E-state index in [0.717, 1.165) is 11.4 Å². The molecule has 0 saturated carbocycles. The van der Waals surface area contributed by atoms with Gasteiger partial charge in [0.15, 0.2) is 5.11 Å². The van der Waals surface area contributed by atoms with Crippen molar-refractivity contribution in [3.05, 3.63) is 24.3 Å². The largest absolute Gasteiger partial charge is 0.497 e. The van der Waals surface area contributed by atoms with Gasteiger partial charge in [-0.25, -0.2) is 0 Å². The topological polar surface area (TPSA) is 53.6 Å². The molecule has 1 rings (SSSR count). The van der Waals surface area contributed by atoms with Crippen LogP contribution in [0.15, 0.2) is 24.3 Å². The number of ether oxygens (including phenoxy) is 1. The molecule has 0 aliphatic carbocycles. The molecule has 0 aromatic heterocycles. The number of hydrogen-bond acceptors (Lipinski definition) is 3. The Labute approximate surface area is 125 Å². The fourth-order valence-corrected chi connectivity index (χ4v) is 1.73. The van der Waals surface area contributed by atoms with Crippen LogP contribution >= 0.6 is 12.2 Å². The second kappa shape index (κ2) is 7.69. The standard InChI is InChI=1S/C14H21N3O2S/c1-10(2)15-13(18)9-17(3)14(20)16-11-5-7-12(19-4)8-6-11/h5-8,10H,9H2,1-4H3,(H,15,18)(H,16,20). The minimum Gasteiger partial charge on any atom is -0.497 e. The highest BCUT2D eigenvalue weighted by Crippen LogP contribution is 2.15. The number of carbonyl (C=O) groups excluding carboxylic acids is 1. The van der Waals surface area contributed by atoms with Crippen molar-refractivity contribution in [3.63, 3.8) is 0 Å². The van der Waals surface area contributed by atoms with Crippen molar-refractivity contribution < 1.29 is 9.53 Å². The summed E-state index contributed by atoms with van der Waals surface area (Å²) in [5.41, 5.74) is 0.854. The van der Waals surface area contributed by atoms with Gasteiger partial charge in [0, 0.05) is 18.8 Å². The average molecular weight is 295 g/mol. The third-order valence-corrected chi connectivity index (χ3v) is 2.93. The van der Waals surface area contributed by atoms with Crippen LogP contribution in [0, 0.1) is 0 Å². The van der Waals surface area contributed by atoms with Gasteiger partial charge >= 0.3 is 0 Å². The first-order valence-corrected chi connectivity index (χ1v) is 6.78. The summed E-state index contributed by atoms with van der Waals surface area (Å²) in [5.74, 6) is 0.729. The van der Waals surface area contributed by atoms with Gasteiger partial charge in [-0.2, -0.15) is 0 Å². The molecule has 0 bridgehead atoms. The molecule has 0 heterocycles. The van der Waals surface area contributed by atoms with E-state index in [4.69, 9.17) is 17.0 Å². The fourth-order valence-electron chi connectivity index (χ4n) is 1.55. The van der Waals surface area contributed by atoms with E-state index in [9.17, 15) is 4.79 Å². The number of benzene rings is 1. The number of carbonyl (C=O) groups is 1. The summed E-state index contributed by atoms with van der Waals surface area (Å²) in [6.45, 7) is 4.07. The maximum absolute atomic E-state index is 11.6. The highest BCUT2D eigenvalue weighted by atomic mass is 32.1. The van der Waals surface area contributed by atoms with Crippen LogP contribution in [-0.4, -0.2) is 42.7 Å². The molecule has 0 aliphatic rings. The first-order chi connectivity index (χ1) is 9.42. The van der Waals surface area contributed by atoms with E-state index in [1.165, 1.54) is 0 Å². The lowest BCUT2D eigenvalue weighted by atomic mass is 10.3. The number of nitrogens with zero attached hydrogens (tertiary/aromatic N) is 1. The zero-order valence-electron chi connectivity index (χ0n) is 12.3. The predicted octanol–water partition coefficient (Wildman–Crippen LogP) is 1.85. The summed E-state index contributed by atoms with van der Waals surface area (Å²) in [6, 6.07) is 7.55. The van der Waals surface area contributed by atoms with E-state index in [2.05, 4.69) is 10.6 Å². The molecule has 0 fully saturated rings. The fraction of sp³-hybridized carbons (Fsp3) is 0.429. The van der Waals surface area contributed by atoms with Crippen molar-refractivity contribution in [1.82, 2.24) is 10.2 Å². The maximum Gasteiger partial charge on any atom is 0.239 e. The lowest BCUT2D eigenvalue weighted by Crippen LogP contribution is -2.42. The zero-order valence-corrected chi connectivity index (χ0v) is 13.1. The van der Waals surface area contributed by atoms with Crippen LogP contribution in [0.4, 0.5) is 5.69 Å². The Morgan fingerprint density at radius 1 is 1.35 bits per heavy atom. The van der Waals surface area contributed by atoms with Gasteiger partial charge in [-0.1, -0.05) is 0 Å². The number of nitrogens with one attached hydrogen (secondary N) is 2. The molecule has 0 saturated heterocycles. The van der Waals surface area contributed by atoms with Crippen LogP contribution in [0.3, 0.4) is 0 Å². The van der Waals surface area contributed by atoms with Crippen molar-refractivity contribution in [2.75, 3.05) is 26.0 Å².